The van der Waals surface area contributed by atoms with Gasteiger partial charge >= 0.3 is 6.03 Å². The highest BCUT2D eigenvalue weighted by Crippen LogP contribution is 2.48. The average Bonchev–Trinajstić information content (AvgIpc) is 3.32. The minimum Gasteiger partial charge on any atom is -0.456 e. The fraction of sp³-hybridized carbons (Fsp3) is 0.318. The first-order valence-electron chi connectivity index (χ1n) is 10.1. The highest BCUT2D eigenvalue weighted by Gasteiger charge is 2.37. The molecule has 9 nitrogen and oxygen atoms in total. The number of anilines is 1. The number of ether oxygens (including phenoxy) is 1. The highest BCUT2D eigenvalue weighted by molar-refractivity contribution is 6.00. The smallest absolute Gasteiger partial charge is 0.327 e. The number of urea groups is 1. The van der Waals surface area contributed by atoms with Crippen LogP contribution in [0, 0.1) is 5.41 Å². The number of aromatic nitrogens is 4. The number of imide groups is 1. The number of nitrogens with one attached hydrogen (secondary N) is 2. The molecule has 0 saturated heterocycles. The van der Waals surface area contributed by atoms with Gasteiger partial charge in [-0.1, -0.05) is 6.92 Å². The van der Waals surface area contributed by atoms with E-state index in [0.717, 1.165) is 30.5 Å². The normalized spacial score (nSPS) is 14.0. The third-order valence-electron chi connectivity index (χ3n) is 5.26. The van der Waals surface area contributed by atoms with Crippen molar-refractivity contribution in [3.05, 3.63) is 49.1 Å². The zero-order valence-electron chi connectivity index (χ0n) is 17.5. The molecule has 3 aromatic heterocycles. The molecule has 4 rings (SSSR count). The predicted octanol–water partition coefficient (Wildman–Crippen LogP) is 3.90. The molecule has 160 valence electrons. The standard InChI is InChI=1S/C22H24N6O3/c1-22(8-9-22)7-5-20(29)27-21(30)26-19-4-3-17(13-24-19)31-16-6-10-23-18(11-16)15-12-25-28(2)14-15/h3-4,6,10-14H,5,7-9H2,1-2H3,(H2,24,26,27,29,30). The van der Waals surface area contributed by atoms with Gasteiger partial charge in [-0.05, 0) is 42.9 Å². The molecule has 0 radical (unpaired) electrons. The lowest BCUT2D eigenvalue weighted by Gasteiger charge is -2.09. The number of hydrogen-bond donors (Lipinski definition) is 2. The van der Waals surface area contributed by atoms with Crippen LogP contribution in [0.25, 0.3) is 11.3 Å². The van der Waals surface area contributed by atoms with Crippen molar-refractivity contribution in [3.8, 4) is 22.8 Å². The predicted molar refractivity (Wildman–Crippen MR) is 114 cm³/mol. The lowest BCUT2D eigenvalue weighted by Crippen LogP contribution is -2.34. The summed E-state index contributed by atoms with van der Waals surface area (Å²) in [5.74, 6) is 1.14. The van der Waals surface area contributed by atoms with Crippen LogP contribution in [0.2, 0.25) is 0 Å². The van der Waals surface area contributed by atoms with Crippen molar-refractivity contribution >= 4 is 17.8 Å². The Morgan fingerprint density at radius 1 is 1.16 bits per heavy atom. The molecule has 2 N–H and O–H groups in total. The molecule has 1 fully saturated rings. The monoisotopic (exact) mass is 420 g/mol. The Balaban J connectivity index is 1.30. The molecule has 1 aliphatic rings. The Bertz CT molecular complexity index is 1090. The van der Waals surface area contributed by atoms with Crippen molar-refractivity contribution in [3.63, 3.8) is 0 Å². The summed E-state index contributed by atoms with van der Waals surface area (Å²) in [6.45, 7) is 2.15. The number of amides is 3. The van der Waals surface area contributed by atoms with E-state index in [1.165, 1.54) is 6.20 Å². The number of hydrogen-bond acceptors (Lipinski definition) is 6. The van der Waals surface area contributed by atoms with E-state index in [4.69, 9.17) is 4.74 Å². The Kier molecular flexibility index (Phi) is 5.66. The lowest BCUT2D eigenvalue weighted by molar-refractivity contribution is -0.120. The minimum atomic E-state index is -0.595. The van der Waals surface area contributed by atoms with Gasteiger partial charge in [-0.2, -0.15) is 5.10 Å². The van der Waals surface area contributed by atoms with Gasteiger partial charge in [0, 0.05) is 37.5 Å². The Labute approximate surface area is 179 Å². The highest BCUT2D eigenvalue weighted by atomic mass is 16.5. The fourth-order valence-corrected chi connectivity index (χ4v) is 3.05. The number of carbonyl (C=O) groups excluding carboxylic acids is 2. The van der Waals surface area contributed by atoms with Crippen LogP contribution in [0.3, 0.4) is 0 Å². The van der Waals surface area contributed by atoms with Gasteiger partial charge < -0.3 is 4.74 Å². The molecule has 0 bridgehead atoms. The summed E-state index contributed by atoms with van der Waals surface area (Å²) in [5.41, 5.74) is 1.91. The maximum atomic E-state index is 12.0. The Morgan fingerprint density at radius 2 is 2.00 bits per heavy atom. The van der Waals surface area contributed by atoms with Gasteiger partial charge in [0.15, 0.2) is 0 Å². The minimum absolute atomic E-state index is 0.277. The van der Waals surface area contributed by atoms with Crippen LogP contribution in [0.15, 0.2) is 49.1 Å². The van der Waals surface area contributed by atoms with E-state index in [2.05, 4.69) is 32.6 Å². The molecule has 3 amide bonds. The van der Waals surface area contributed by atoms with Crippen molar-refractivity contribution in [2.75, 3.05) is 5.32 Å². The first-order valence-corrected chi connectivity index (χ1v) is 10.1. The van der Waals surface area contributed by atoms with Gasteiger partial charge in [0.25, 0.3) is 0 Å². The van der Waals surface area contributed by atoms with Crippen LogP contribution in [-0.4, -0.2) is 31.7 Å². The van der Waals surface area contributed by atoms with Crippen LogP contribution in [-0.2, 0) is 11.8 Å². The van der Waals surface area contributed by atoms with Gasteiger partial charge in [-0.3, -0.25) is 25.1 Å². The molecule has 1 saturated carbocycles. The second-order valence-electron chi connectivity index (χ2n) is 8.07. The lowest BCUT2D eigenvalue weighted by atomic mass is 10.0. The van der Waals surface area contributed by atoms with E-state index in [0.29, 0.717) is 23.7 Å². The number of aryl methyl sites for hydroxylation is 1. The van der Waals surface area contributed by atoms with Crippen molar-refractivity contribution in [2.24, 2.45) is 12.5 Å². The zero-order valence-corrected chi connectivity index (χ0v) is 17.5. The molecule has 3 heterocycles. The van der Waals surface area contributed by atoms with Crippen molar-refractivity contribution < 1.29 is 14.3 Å². The topological polar surface area (TPSA) is 111 Å². The van der Waals surface area contributed by atoms with E-state index >= 15 is 0 Å². The van der Waals surface area contributed by atoms with E-state index in [9.17, 15) is 9.59 Å². The Morgan fingerprint density at radius 3 is 2.68 bits per heavy atom. The number of rotatable bonds is 7. The van der Waals surface area contributed by atoms with Gasteiger partial charge in [0.05, 0.1) is 18.1 Å². The average molecular weight is 420 g/mol. The number of nitrogens with zero attached hydrogens (tertiary/aromatic N) is 4. The maximum absolute atomic E-state index is 12.0. The van der Waals surface area contributed by atoms with Gasteiger partial charge in [-0.25, -0.2) is 9.78 Å². The summed E-state index contributed by atoms with van der Waals surface area (Å²) < 4.78 is 7.54. The molecular weight excluding hydrogens is 396 g/mol. The quantitative estimate of drug-likeness (QED) is 0.600. The third-order valence-corrected chi connectivity index (χ3v) is 5.26. The van der Waals surface area contributed by atoms with Crippen LogP contribution in [0.5, 0.6) is 11.5 Å². The zero-order chi connectivity index (χ0) is 21.8. The van der Waals surface area contributed by atoms with Crippen LogP contribution < -0.4 is 15.4 Å². The second kappa shape index (κ2) is 8.55. The number of carbonyl (C=O) groups is 2. The largest absolute Gasteiger partial charge is 0.456 e. The Hall–Kier alpha value is -3.75. The van der Waals surface area contributed by atoms with E-state index in [1.807, 2.05) is 19.3 Å². The summed E-state index contributed by atoms with van der Waals surface area (Å²) >= 11 is 0. The summed E-state index contributed by atoms with van der Waals surface area (Å²) in [6.07, 6.45) is 10.2. The SMILES string of the molecule is Cn1cc(-c2cc(Oc3ccc(NC(=O)NC(=O)CCC4(C)CC4)nc3)ccn2)cn1. The van der Waals surface area contributed by atoms with Crippen LogP contribution in [0.1, 0.15) is 32.6 Å². The van der Waals surface area contributed by atoms with E-state index < -0.39 is 6.03 Å². The molecular formula is C22H24N6O3. The van der Waals surface area contributed by atoms with Crippen LogP contribution in [0.4, 0.5) is 10.6 Å². The summed E-state index contributed by atoms with van der Waals surface area (Å²) in [6, 6.07) is 6.25. The van der Waals surface area contributed by atoms with Gasteiger partial charge in [-0.15, -0.1) is 0 Å². The summed E-state index contributed by atoms with van der Waals surface area (Å²) in [4.78, 5) is 32.4. The molecule has 1 aliphatic carbocycles. The van der Waals surface area contributed by atoms with E-state index in [1.54, 1.807) is 35.3 Å². The molecule has 9 heteroatoms. The maximum Gasteiger partial charge on any atom is 0.327 e. The summed E-state index contributed by atoms with van der Waals surface area (Å²) in [5, 5.41) is 9.03. The second-order valence-corrected chi connectivity index (χ2v) is 8.07. The van der Waals surface area contributed by atoms with Gasteiger partial charge in [0.2, 0.25) is 5.91 Å². The number of pyridine rings is 2. The summed E-state index contributed by atoms with van der Waals surface area (Å²) in [7, 11) is 1.84. The van der Waals surface area contributed by atoms with Crippen molar-refractivity contribution in [1.29, 1.82) is 0 Å². The molecule has 0 spiro atoms. The van der Waals surface area contributed by atoms with Crippen LogP contribution >= 0.6 is 0 Å². The van der Waals surface area contributed by atoms with Crippen molar-refractivity contribution in [2.45, 2.75) is 32.6 Å². The fourth-order valence-electron chi connectivity index (χ4n) is 3.05. The van der Waals surface area contributed by atoms with Gasteiger partial charge in [0.1, 0.15) is 17.3 Å². The molecule has 3 aromatic rings. The molecule has 0 unspecified atom stereocenters. The first kappa shape index (κ1) is 20.5. The molecule has 0 aromatic carbocycles. The third kappa shape index (κ3) is 5.65. The van der Waals surface area contributed by atoms with E-state index in [-0.39, 0.29) is 11.3 Å². The molecule has 0 atom stereocenters. The first-order chi connectivity index (χ1) is 14.9. The molecule has 0 aliphatic heterocycles. The van der Waals surface area contributed by atoms with Crippen molar-refractivity contribution in [1.82, 2.24) is 25.1 Å². The molecule has 31 heavy (non-hydrogen) atoms.